The van der Waals surface area contributed by atoms with Crippen LogP contribution in [0.3, 0.4) is 0 Å². The molecular formula is C16H17N3O2. The van der Waals surface area contributed by atoms with Crippen LogP contribution in [-0.4, -0.2) is 23.8 Å². The van der Waals surface area contributed by atoms with Crippen molar-refractivity contribution in [1.82, 2.24) is 10.3 Å². The van der Waals surface area contributed by atoms with Crippen LogP contribution in [0.1, 0.15) is 37.7 Å². The molecule has 0 saturated heterocycles. The summed E-state index contributed by atoms with van der Waals surface area (Å²) in [4.78, 5) is 27.4. The zero-order chi connectivity index (χ0) is 15.4. The number of aromatic nitrogens is 1. The number of pyridine rings is 1. The second kappa shape index (κ2) is 6.17. The zero-order valence-corrected chi connectivity index (χ0v) is 12.0. The highest BCUT2D eigenvalue weighted by atomic mass is 16.2. The van der Waals surface area contributed by atoms with Crippen LogP contribution in [0, 0.1) is 6.92 Å². The number of rotatable bonds is 4. The molecule has 5 nitrogen and oxygen atoms in total. The van der Waals surface area contributed by atoms with Crippen LogP contribution in [0.5, 0.6) is 0 Å². The first kappa shape index (κ1) is 14.7. The molecule has 21 heavy (non-hydrogen) atoms. The number of primary amides is 1. The Bertz CT molecular complexity index is 696. The normalized spacial score (nSPS) is 10.2. The van der Waals surface area contributed by atoms with Gasteiger partial charge in [-0.1, -0.05) is 29.8 Å². The Morgan fingerprint density at radius 3 is 2.62 bits per heavy atom. The Morgan fingerprint density at radius 1 is 1.24 bits per heavy atom. The minimum atomic E-state index is -0.576. The van der Waals surface area contributed by atoms with Crippen molar-refractivity contribution < 1.29 is 9.59 Å². The van der Waals surface area contributed by atoms with Gasteiger partial charge in [0.2, 0.25) is 5.91 Å². The van der Waals surface area contributed by atoms with Gasteiger partial charge in [0.15, 0.2) is 0 Å². The van der Waals surface area contributed by atoms with Gasteiger partial charge in [-0.15, -0.1) is 0 Å². The number of carbonyl (C=O) groups excluding carboxylic acids is 2. The Hall–Kier alpha value is -2.69. The van der Waals surface area contributed by atoms with Gasteiger partial charge in [0, 0.05) is 24.7 Å². The Balaban J connectivity index is 2.40. The molecule has 0 fully saturated rings. The maximum atomic E-state index is 11.7. The number of amides is 2. The number of nitrogens with zero attached hydrogens (tertiary/aromatic N) is 1. The summed E-state index contributed by atoms with van der Waals surface area (Å²) < 4.78 is 0. The number of hydrogen-bond donors (Lipinski definition) is 2. The van der Waals surface area contributed by atoms with Crippen LogP contribution in [0.15, 0.2) is 36.4 Å². The van der Waals surface area contributed by atoms with E-state index in [0.29, 0.717) is 12.1 Å². The fraction of sp³-hybridized carbons (Fsp3) is 0.188. The quantitative estimate of drug-likeness (QED) is 0.890. The van der Waals surface area contributed by atoms with Gasteiger partial charge in [0.05, 0.1) is 0 Å². The van der Waals surface area contributed by atoms with Crippen LogP contribution in [0.25, 0.3) is 0 Å². The van der Waals surface area contributed by atoms with E-state index >= 15 is 0 Å². The predicted octanol–water partition coefficient (Wildman–Crippen LogP) is 1.44. The van der Waals surface area contributed by atoms with Crippen molar-refractivity contribution in [3.8, 4) is 0 Å². The smallest absolute Gasteiger partial charge is 0.269 e. The molecule has 1 aromatic carbocycles. The molecule has 2 amide bonds. The van der Waals surface area contributed by atoms with Crippen LogP contribution in [-0.2, 0) is 6.42 Å². The van der Waals surface area contributed by atoms with E-state index in [1.165, 1.54) is 13.1 Å². The molecule has 0 bridgehead atoms. The third kappa shape index (κ3) is 3.66. The summed E-state index contributed by atoms with van der Waals surface area (Å²) >= 11 is 0. The van der Waals surface area contributed by atoms with Gasteiger partial charge in [-0.2, -0.15) is 0 Å². The minimum absolute atomic E-state index is 0.191. The lowest BCUT2D eigenvalue weighted by atomic mass is 10.0. The van der Waals surface area contributed by atoms with Gasteiger partial charge >= 0.3 is 0 Å². The number of hydrogen-bond acceptors (Lipinski definition) is 3. The van der Waals surface area contributed by atoms with Gasteiger partial charge < -0.3 is 11.1 Å². The maximum absolute atomic E-state index is 11.7. The van der Waals surface area contributed by atoms with Crippen molar-refractivity contribution in [3.63, 3.8) is 0 Å². The third-order valence-electron chi connectivity index (χ3n) is 3.09. The summed E-state index contributed by atoms with van der Waals surface area (Å²) in [5, 5.41) is 2.49. The lowest BCUT2D eigenvalue weighted by Gasteiger charge is -2.07. The molecule has 0 aliphatic heterocycles. The van der Waals surface area contributed by atoms with Crippen molar-refractivity contribution in [3.05, 3.63) is 64.5 Å². The summed E-state index contributed by atoms with van der Waals surface area (Å²) in [5.41, 5.74) is 8.63. The van der Waals surface area contributed by atoms with E-state index in [0.717, 1.165) is 11.1 Å². The van der Waals surface area contributed by atoms with Crippen molar-refractivity contribution in [2.45, 2.75) is 13.3 Å². The fourth-order valence-corrected chi connectivity index (χ4v) is 2.10. The Morgan fingerprint density at radius 2 is 2.00 bits per heavy atom. The predicted molar refractivity (Wildman–Crippen MR) is 80.1 cm³/mol. The van der Waals surface area contributed by atoms with E-state index in [2.05, 4.69) is 10.3 Å². The molecule has 5 heteroatoms. The van der Waals surface area contributed by atoms with Crippen LogP contribution in [0.2, 0.25) is 0 Å². The first-order chi connectivity index (χ1) is 9.99. The highest BCUT2D eigenvalue weighted by Crippen LogP contribution is 2.13. The van der Waals surface area contributed by atoms with Crippen LogP contribution < -0.4 is 11.1 Å². The molecule has 0 radical (unpaired) electrons. The topological polar surface area (TPSA) is 85.1 Å². The first-order valence-electron chi connectivity index (χ1n) is 6.58. The molecule has 0 spiro atoms. The molecule has 0 unspecified atom stereocenters. The molecule has 2 rings (SSSR count). The standard InChI is InChI=1S/C16H17N3O2/c1-10-4-3-5-11(6-10)7-13-8-12(15(17)20)9-14(19-13)16(21)18-2/h3-6,8-9H,7H2,1-2H3,(H2,17,20)(H,18,21). The van der Waals surface area contributed by atoms with E-state index in [1.807, 2.05) is 31.2 Å². The molecule has 1 heterocycles. The SMILES string of the molecule is CNC(=O)c1cc(C(N)=O)cc(Cc2cccc(C)c2)n1. The monoisotopic (exact) mass is 283 g/mol. The minimum Gasteiger partial charge on any atom is -0.366 e. The van der Waals surface area contributed by atoms with E-state index in [4.69, 9.17) is 5.73 Å². The van der Waals surface area contributed by atoms with Gasteiger partial charge in [0.1, 0.15) is 5.69 Å². The molecule has 0 aliphatic carbocycles. The van der Waals surface area contributed by atoms with Crippen molar-refractivity contribution in [1.29, 1.82) is 0 Å². The highest BCUT2D eigenvalue weighted by Gasteiger charge is 2.12. The molecule has 3 N–H and O–H groups in total. The van der Waals surface area contributed by atoms with Crippen LogP contribution in [0.4, 0.5) is 0 Å². The number of nitrogens with one attached hydrogen (secondary N) is 1. The number of benzene rings is 1. The van der Waals surface area contributed by atoms with Gasteiger partial charge in [-0.05, 0) is 24.6 Å². The maximum Gasteiger partial charge on any atom is 0.269 e. The highest BCUT2D eigenvalue weighted by molar-refractivity contribution is 5.97. The second-order valence-electron chi connectivity index (χ2n) is 4.84. The average Bonchev–Trinajstić information content (AvgIpc) is 2.46. The lowest BCUT2D eigenvalue weighted by Crippen LogP contribution is -2.21. The van der Waals surface area contributed by atoms with Crippen LogP contribution >= 0.6 is 0 Å². The average molecular weight is 283 g/mol. The van der Waals surface area contributed by atoms with Crippen molar-refractivity contribution in [2.75, 3.05) is 7.05 Å². The van der Waals surface area contributed by atoms with E-state index in [9.17, 15) is 9.59 Å². The number of carbonyl (C=O) groups is 2. The van der Waals surface area contributed by atoms with Gasteiger partial charge in [-0.3, -0.25) is 9.59 Å². The fourth-order valence-electron chi connectivity index (χ4n) is 2.10. The second-order valence-corrected chi connectivity index (χ2v) is 4.84. The summed E-state index contributed by atoms with van der Waals surface area (Å²) in [5.74, 6) is -0.920. The molecular weight excluding hydrogens is 266 g/mol. The summed E-state index contributed by atoms with van der Waals surface area (Å²) in [6.07, 6.45) is 0.535. The van der Waals surface area contributed by atoms with Gasteiger partial charge in [-0.25, -0.2) is 4.98 Å². The van der Waals surface area contributed by atoms with Crippen molar-refractivity contribution >= 4 is 11.8 Å². The van der Waals surface area contributed by atoms with Crippen molar-refractivity contribution in [2.24, 2.45) is 5.73 Å². The Kier molecular flexibility index (Phi) is 4.33. The van der Waals surface area contributed by atoms with E-state index < -0.39 is 5.91 Å². The summed E-state index contributed by atoms with van der Waals surface area (Å²) in [7, 11) is 1.52. The molecule has 0 atom stereocenters. The third-order valence-corrected chi connectivity index (χ3v) is 3.09. The molecule has 2 aromatic rings. The lowest BCUT2D eigenvalue weighted by molar-refractivity contribution is 0.0958. The molecule has 0 saturated carbocycles. The van der Waals surface area contributed by atoms with Gasteiger partial charge in [0.25, 0.3) is 5.91 Å². The zero-order valence-electron chi connectivity index (χ0n) is 12.0. The summed E-state index contributed by atoms with van der Waals surface area (Å²) in [6, 6.07) is 11.0. The number of aryl methyl sites for hydroxylation is 1. The number of nitrogens with two attached hydrogens (primary N) is 1. The summed E-state index contributed by atoms with van der Waals surface area (Å²) in [6.45, 7) is 2.01. The van der Waals surface area contributed by atoms with E-state index in [1.54, 1.807) is 6.07 Å². The molecule has 1 aromatic heterocycles. The largest absolute Gasteiger partial charge is 0.366 e. The Labute approximate surface area is 123 Å². The molecule has 108 valence electrons. The first-order valence-corrected chi connectivity index (χ1v) is 6.58. The van der Waals surface area contributed by atoms with E-state index in [-0.39, 0.29) is 17.2 Å². The molecule has 0 aliphatic rings.